The summed E-state index contributed by atoms with van der Waals surface area (Å²) in [5.41, 5.74) is 8.02. The Balaban J connectivity index is 1.94. The van der Waals surface area contributed by atoms with Crippen LogP contribution in [0.1, 0.15) is 24.0 Å². The highest BCUT2D eigenvalue weighted by Gasteiger charge is 2.31. The number of hydrogen-bond donors (Lipinski definition) is 1. The molecule has 0 saturated heterocycles. The number of pyridine rings is 1. The third-order valence-electron chi connectivity index (χ3n) is 3.46. The van der Waals surface area contributed by atoms with Gasteiger partial charge in [-0.25, -0.2) is 4.98 Å². The molecule has 4 nitrogen and oxygen atoms in total. The Morgan fingerprint density at radius 2 is 2.05 bits per heavy atom. The number of rotatable bonds is 4. The van der Waals surface area contributed by atoms with Crippen molar-refractivity contribution in [2.75, 3.05) is 10.6 Å². The molecule has 100 valence electrons. The van der Waals surface area contributed by atoms with E-state index in [-0.39, 0.29) is 0 Å². The van der Waals surface area contributed by atoms with Crippen LogP contribution in [0.15, 0.2) is 42.6 Å². The quantitative estimate of drug-likeness (QED) is 0.922. The molecule has 0 unspecified atom stereocenters. The summed E-state index contributed by atoms with van der Waals surface area (Å²) in [6, 6.07) is 14.6. The largest absolute Gasteiger partial charge is 0.397 e. The van der Waals surface area contributed by atoms with Crippen molar-refractivity contribution < 1.29 is 0 Å². The molecule has 1 fully saturated rings. The Hall–Kier alpha value is -2.54. The molecule has 2 N–H and O–H groups in total. The van der Waals surface area contributed by atoms with Gasteiger partial charge in [0.1, 0.15) is 11.9 Å². The molecule has 2 aromatic rings. The Kier molecular flexibility index (Phi) is 3.26. The Labute approximate surface area is 118 Å². The molecule has 20 heavy (non-hydrogen) atoms. The van der Waals surface area contributed by atoms with Crippen LogP contribution in [-0.4, -0.2) is 11.0 Å². The molecule has 1 aliphatic rings. The maximum atomic E-state index is 9.29. The van der Waals surface area contributed by atoms with Crippen LogP contribution >= 0.6 is 0 Å². The molecular weight excluding hydrogens is 248 g/mol. The summed E-state index contributed by atoms with van der Waals surface area (Å²) in [4.78, 5) is 6.60. The van der Waals surface area contributed by atoms with Gasteiger partial charge in [0.05, 0.1) is 17.4 Å². The molecule has 1 aromatic heterocycles. The minimum Gasteiger partial charge on any atom is -0.397 e. The highest BCUT2D eigenvalue weighted by atomic mass is 15.2. The molecular formula is C16H16N4. The van der Waals surface area contributed by atoms with E-state index in [1.807, 2.05) is 18.2 Å². The van der Waals surface area contributed by atoms with Crippen molar-refractivity contribution in [3.8, 4) is 6.07 Å². The summed E-state index contributed by atoms with van der Waals surface area (Å²) < 4.78 is 0. The third kappa shape index (κ3) is 2.57. The van der Waals surface area contributed by atoms with E-state index in [9.17, 15) is 5.26 Å². The minimum absolute atomic E-state index is 0.485. The number of anilines is 2. The fourth-order valence-corrected chi connectivity index (χ4v) is 2.33. The molecule has 0 aliphatic heterocycles. The SMILES string of the molecule is N#Cc1cc(N)cnc1N(Cc1ccccc1)C1CC1. The van der Waals surface area contributed by atoms with Gasteiger partial charge in [-0.2, -0.15) is 5.26 Å². The molecule has 0 bridgehead atoms. The van der Waals surface area contributed by atoms with Crippen LogP contribution in [0.5, 0.6) is 0 Å². The van der Waals surface area contributed by atoms with Gasteiger partial charge >= 0.3 is 0 Å². The molecule has 3 rings (SSSR count). The summed E-state index contributed by atoms with van der Waals surface area (Å²) in [5, 5.41) is 9.29. The van der Waals surface area contributed by atoms with Crippen LogP contribution < -0.4 is 10.6 Å². The standard InChI is InChI=1S/C16H16N4/c17-9-13-8-14(18)10-19-16(13)20(15-6-7-15)11-12-4-2-1-3-5-12/h1-5,8,10,15H,6-7,11,18H2. The fraction of sp³-hybridized carbons (Fsp3) is 0.250. The molecule has 1 heterocycles. The van der Waals surface area contributed by atoms with Crippen LogP contribution in [0.25, 0.3) is 0 Å². The Morgan fingerprint density at radius 1 is 1.30 bits per heavy atom. The zero-order valence-corrected chi connectivity index (χ0v) is 11.2. The lowest BCUT2D eigenvalue weighted by atomic mass is 10.2. The van der Waals surface area contributed by atoms with Crippen LogP contribution in [0.2, 0.25) is 0 Å². The first-order valence-electron chi connectivity index (χ1n) is 6.74. The van der Waals surface area contributed by atoms with E-state index in [4.69, 9.17) is 5.73 Å². The molecule has 1 aromatic carbocycles. The Bertz CT molecular complexity index is 641. The number of nitrogens with two attached hydrogens (primary N) is 1. The van der Waals surface area contributed by atoms with Crippen molar-refractivity contribution in [1.82, 2.24) is 4.98 Å². The van der Waals surface area contributed by atoms with Gasteiger partial charge in [0.15, 0.2) is 0 Å². The van der Waals surface area contributed by atoms with Gasteiger partial charge in [-0.1, -0.05) is 30.3 Å². The van der Waals surface area contributed by atoms with E-state index in [2.05, 4.69) is 28.1 Å². The molecule has 1 aliphatic carbocycles. The highest BCUT2D eigenvalue weighted by Crippen LogP contribution is 2.34. The second-order valence-electron chi connectivity index (χ2n) is 5.10. The summed E-state index contributed by atoms with van der Waals surface area (Å²) in [5.74, 6) is 0.744. The molecule has 0 radical (unpaired) electrons. The molecule has 0 amide bonds. The van der Waals surface area contributed by atoms with Crippen LogP contribution in [0, 0.1) is 11.3 Å². The molecule has 0 atom stereocenters. The lowest BCUT2D eigenvalue weighted by Crippen LogP contribution is -2.27. The van der Waals surface area contributed by atoms with E-state index in [0.29, 0.717) is 17.3 Å². The number of nitriles is 1. The molecule has 1 saturated carbocycles. The summed E-state index contributed by atoms with van der Waals surface area (Å²) in [7, 11) is 0. The van der Waals surface area contributed by atoms with E-state index >= 15 is 0 Å². The topological polar surface area (TPSA) is 65.9 Å². The number of hydrogen-bond acceptors (Lipinski definition) is 4. The van der Waals surface area contributed by atoms with Gasteiger partial charge in [-0.05, 0) is 24.5 Å². The predicted octanol–water partition coefficient (Wildman–Crippen LogP) is 2.70. The van der Waals surface area contributed by atoms with Crippen molar-refractivity contribution in [2.24, 2.45) is 0 Å². The summed E-state index contributed by atoms with van der Waals surface area (Å²) in [6.45, 7) is 0.775. The van der Waals surface area contributed by atoms with E-state index in [0.717, 1.165) is 25.2 Å². The Morgan fingerprint density at radius 3 is 2.70 bits per heavy atom. The number of nitrogen functional groups attached to an aromatic ring is 1. The van der Waals surface area contributed by atoms with Gasteiger partial charge in [0, 0.05) is 12.6 Å². The first-order chi connectivity index (χ1) is 9.78. The second-order valence-corrected chi connectivity index (χ2v) is 5.10. The van der Waals surface area contributed by atoms with Crippen LogP contribution in [0.3, 0.4) is 0 Å². The first kappa shape index (κ1) is 12.5. The number of aromatic nitrogens is 1. The zero-order valence-electron chi connectivity index (χ0n) is 11.2. The van der Waals surface area contributed by atoms with Crippen molar-refractivity contribution >= 4 is 11.5 Å². The van der Waals surface area contributed by atoms with E-state index in [1.165, 1.54) is 5.56 Å². The van der Waals surface area contributed by atoms with Gasteiger partial charge in [0.25, 0.3) is 0 Å². The smallest absolute Gasteiger partial charge is 0.147 e. The van der Waals surface area contributed by atoms with Gasteiger partial charge < -0.3 is 10.6 Å². The molecule has 0 spiro atoms. The number of nitrogens with zero attached hydrogens (tertiary/aromatic N) is 3. The average Bonchev–Trinajstić information content (AvgIpc) is 3.31. The van der Waals surface area contributed by atoms with Gasteiger partial charge in [-0.15, -0.1) is 0 Å². The fourth-order valence-electron chi connectivity index (χ4n) is 2.33. The van der Waals surface area contributed by atoms with Gasteiger partial charge in [-0.3, -0.25) is 0 Å². The zero-order chi connectivity index (χ0) is 13.9. The van der Waals surface area contributed by atoms with Gasteiger partial charge in [0.2, 0.25) is 0 Å². The molecule has 4 heteroatoms. The minimum atomic E-state index is 0.485. The third-order valence-corrected chi connectivity index (χ3v) is 3.46. The van der Waals surface area contributed by atoms with E-state index < -0.39 is 0 Å². The monoisotopic (exact) mass is 264 g/mol. The van der Waals surface area contributed by atoms with Crippen LogP contribution in [0.4, 0.5) is 11.5 Å². The maximum Gasteiger partial charge on any atom is 0.147 e. The lowest BCUT2D eigenvalue weighted by Gasteiger charge is -2.24. The van der Waals surface area contributed by atoms with Crippen molar-refractivity contribution in [1.29, 1.82) is 5.26 Å². The maximum absolute atomic E-state index is 9.29. The average molecular weight is 264 g/mol. The van der Waals surface area contributed by atoms with Crippen molar-refractivity contribution in [2.45, 2.75) is 25.4 Å². The van der Waals surface area contributed by atoms with Crippen molar-refractivity contribution in [3.05, 3.63) is 53.7 Å². The summed E-state index contributed by atoms with van der Waals surface area (Å²) >= 11 is 0. The van der Waals surface area contributed by atoms with Crippen molar-refractivity contribution in [3.63, 3.8) is 0 Å². The second kappa shape index (κ2) is 5.22. The van der Waals surface area contributed by atoms with Crippen LogP contribution in [-0.2, 0) is 6.54 Å². The highest BCUT2D eigenvalue weighted by molar-refractivity contribution is 5.60. The predicted molar refractivity (Wildman–Crippen MR) is 79.0 cm³/mol. The summed E-state index contributed by atoms with van der Waals surface area (Å²) in [6.07, 6.45) is 3.93. The van der Waals surface area contributed by atoms with E-state index in [1.54, 1.807) is 12.3 Å². The normalized spacial score (nSPS) is 13.8. The number of benzene rings is 1. The first-order valence-corrected chi connectivity index (χ1v) is 6.74. The lowest BCUT2D eigenvalue weighted by molar-refractivity contribution is 0.777.